The Balaban J connectivity index is 1.52. The summed E-state index contributed by atoms with van der Waals surface area (Å²) in [7, 11) is 0. The molecule has 24 heavy (non-hydrogen) atoms. The Hall–Kier alpha value is -1.84. The summed E-state index contributed by atoms with van der Waals surface area (Å²) in [5.74, 6) is 1.79. The first-order chi connectivity index (χ1) is 11.7. The van der Waals surface area contributed by atoms with Gasteiger partial charge in [-0.1, -0.05) is 6.92 Å². The molecule has 4 rings (SSSR count). The number of benzene rings is 1. The Morgan fingerprint density at radius 3 is 2.38 bits per heavy atom. The van der Waals surface area contributed by atoms with E-state index in [1.165, 1.54) is 25.7 Å². The molecule has 1 aliphatic heterocycles. The third kappa shape index (κ3) is 3.19. The molecule has 0 spiro atoms. The molecular weight excluding hydrogens is 300 g/mol. The largest absolute Gasteiger partial charge is 0.338 e. The summed E-state index contributed by atoms with van der Waals surface area (Å²) < 4.78 is 0. The SMILES string of the molecule is CCC(=O)N1CCc2cc(C(=O)N(CC3CC3)CC3CC3)ccc21. The van der Waals surface area contributed by atoms with Gasteiger partial charge in [0.2, 0.25) is 5.91 Å². The summed E-state index contributed by atoms with van der Waals surface area (Å²) in [6.45, 7) is 4.49. The van der Waals surface area contributed by atoms with Gasteiger partial charge in [0.15, 0.2) is 0 Å². The normalized spacial score (nSPS) is 19.3. The minimum absolute atomic E-state index is 0.164. The second kappa shape index (κ2) is 6.23. The molecule has 0 unspecified atom stereocenters. The summed E-state index contributed by atoms with van der Waals surface area (Å²) >= 11 is 0. The van der Waals surface area contributed by atoms with E-state index < -0.39 is 0 Å². The van der Waals surface area contributed by atoms with Crippen LogP contribution in [0.25, 0.3) is 0 Å². The molecule has 0 bridgehead atoms. The van der Waals surface area contributed by atoms with Gasteiger partial charge in [-0.25, -0.2) is 0 Å². The highest BCUT2D eigenvalue weighted by molar-refractivity contribution is 5.98. The first-order valence-corrected chi connectivity index (χ1v) is 9.38. The zero-order valence-electron chi connectivity index (χ0n) is 14.5. The van der Waals surface area contributed by atoms with Gasteiger partial charge in [0.05, 0.1) is 0 Å². The van der Waals surface area contributed by atoms with Crippen molar-refractivity contribution in [3.8, 4) is 0 Å². The quantitative estimate of drug-likeness (QED) is 0.805. The number of amides is 2. The number of nitrogens with zero attached hydrogens (tertiary/aromatic N) is 2. The van der Waals surface area contributed by atoms with Crippen molar-refractivity contribution in [1.82, 2.24) is 4.90 Å². The molecule has 4 heteroatoms. The van der Waals surface area contributed by atoms with Gasteiger partial charge in [-0.2, -0.15) is 0 Å². The van der Waals surface area contributed by atoms with Crippen molar-refractivity contribution in [2.24, 2.45) is 11.8 Å². The predicted molar refractivity (Wildman–Crippen MR) is 94.1 cm³/mol. The molecular formula is C20H26N2O2. The van der Waals surface area contributed by atoms with Crippen molar-refractivity contribution >= 4 is 17.5 Å². The van der Waals surface area contributed by atoms with Gasteiger partial charge in [0.1, 0.15) is 0 Å². The van der Waals surface area contributed by atoms with Crippen molar-refractivity contribution in [3.63, 3.8) is 0 Å². The Morgan fingerprint density at radius 1 is 1.12 bits per heavy atom. The van der Waals surface area contributed by atoms with Crippen LogP contribution in [0.3, 0.4) is 0 Å². The topological polar surface area (TPSA) is 40.6 Å². The summed E-state index contributed by atoms with van der Waals surface area (Å²) in [6, 6.07) is 5.90. The second-order valence-electron chi connectivity index (χ2n) is 7.59. The van der Waals surface area contributed by atoms with Gasteiger partial charge < -0.3 is 9.80 Å². The van der Waals surface area contributed by atoms with Crippen molar-refractivity contribution in [2.75, 3.05) is 24.5 Å². The number of hydrogen-bond donors (Lipinski definition) is 0. The molecule has 2 fully saturated rings. The number of carbonyl (C=O) groups is 2. The van der Waals surface area contributed by atoms with Gasteiger partial charge in [-0.15, -0.1) is 0 Å². The van der Waals surface area contributed by atoms with E-state index in [1.54, 1.807) is 0 Å². The molecule has 3 aliphatic rings. The number of anilines is 1. The zero-order valence-corrected chi connectivity index (χ0v) is 14.5. The highest BCUT2D eigenvalue weighted by Gasteiger charge is 2.32. The van der Waals surface area contributed by atoms with Crippen LogP contribution in [-0.2, 0) is 11.2 Å². The highest BCUT2D eigenvalue weighted by Crippen LogP contribution is 2.35. The smallest absolute Gasteiger partial charge is 0.253 e. The average Bonchev–Trinajstić information content (AvgIpc) is 3.52. The fourth-order valence-electron chi connectivity index (χ4n) is 3.63. The molecule has 2 aliphatic carbocycles. The Labute approximate surface area is 143 Å². The maximum Gasteiger partial charge on any atom is 0.253 e. The van der Waals surface area contributed by atoms with Crippen molar-refractivity contribution in [3.05, 3.63) is 29.3 Å². The van der Waals surface area contributed by atoms with E-state index in [0.29, 0.717) is 6.42 Å². The standard InChI is InChI=1S/C20H26N2O2/c1-2-19(23)22-10-9-16-11-17(7-8-18(16)22)20(24)21(12-14-3-4-14)13-15-5-6-15/h7-8,11,14-15H,2-6,9-10,12-13H2,1H3. The first kappa shape index (κ1) is 15.7. The molecule has 2 saturated carbocycles. The lowest BCUT2D eigenvalue weighted by Gasteiger charge is -2.23. The van der Waals surface area contributed by atoms with Crippen LogP contribution in [0.2, 0.25) is 0 Å². The minimum Gasteiger partial charge on any atom is -0.338 e. The summed E-state index contributed by atoms with van der Waals surface area (Å²) in [5, 5.41) is 0. The maximum atomic E-state index is 13.0. The van der Waals surface area contributed by atoms with Crippen LogP contribution >= 0.6 is 0 Å². The van der Waals surface area contributed by atoms with Crippen LogP contribution in [0.4, 0.5) is 5.69 Å². The molecule has 1 aromatic carbocycles. The van der Waals surface area contributed by atoms with E-state index in [4.69, 9.17) is 0 Å². The molecule has 0 aromatic heterocycles. The van der Waals surface area contributed by atoms with E-state index in [0.717, 1.165) is 54.7 Å². The molecule has 0 radical (unpaired) electrons. The van der Waals surface area contributed by atoms with E-state index in [9.17, 15) is 9.59 Å². The average molecular weight is 326 g/mol. The van der Waals surface area contributed by atoms with Gasteiger partial charge in [-0.3, -0.25) is 9.59 Å². The monoisotopic (exact) mass is 326 g/mol. The number of carbonyl (C=O) groups excluding carboxylic acids is 2. The van der Waals surface area contributed by atoms with Crippen molar-refractivity contribution in [2.45, 2.75) is 45.4 Å². The maximum absolute atomic E-state index is 13.0. The lowest BCUT2D eigenvalue weighted by Crippen LogP contribution is -2.34. The van der Waals surface area contributed by atoms with Crippen LogP contribution in [0.1, 0.15) is 54.9 Å². The summed E-state index contributed by atoms with van der Waals surface area (Å²) in [4.78, 5) is 28.9. The number of rotatable bonds is 6. The molecule has 0 saturated heterocycles. The molecule has 1 aromatic rings. The van der Waals surface area contributed by atoms with Gasteiger partial charge in [-0.05, 0) is 67.7 Å². The Bertz CT molecular complexity index is 648. The van der Waals surface area contributed by atoms with Gasteiger partial charge >= 0.3 is 0 Å². The summed E-state index contributed by atoms with van der Waals surface area (Å²) in [6.07, 6.45) is 6.46. The molecule has 128 valence electrons. The van der Waals surface area contributed by atoms with Crippen LogP contribution in [0.5, 0.6) is 0 Å². The third-order valence-electron chi connectivity index (χ3n) is 5.46. The molecule has 2 amide bonds. The molecule has 0 N–H and O–H groups in total. The lowest BCUT2D eigenvalue weighted by atomic mass is 10.1. The first-order valence-electron chi connectivity index (χ1n) is 9.38. The van der Waals surface area contributed by atoms with Crippen LogP contribution in [0.15, 0.2) is 18.2 Å². The fraction of sp³-hybridized carbons (Fsp3) is 0.600. The Morgan fingerprint density at radius 2 is 1.79 bits per heavy atom. The van der Waals surface area contributed by atoms with Crippen molar-refractivity contribution in [1.29, 1.82) is 0 Å². The molecule has 1 heterocycles. The van der Waals surface area contributed by atoms with Crippen LogP contribution in [-0.4, -0.2) is 36.3 Å². The van der Waals surface area contributed by atoms with Crippen LogP contribution in [0, 0.1) is 11.8 Å². The van der Waals surface area contributed by atoms with E-state index in [2.05, 4.69) is 4.90 Å². The highest BCUT2D eigenvalue weighted by atomic mass is 16.2. The second-order valence-corrected chi connectivity index (χ2v) is 7.59. The fourth-order valence-corrected chi connectivity index (χ4v) is 3.63. The number of hydrogen-bond acceptors (Lipinski definition) is 2. The van der Waals surface area contributed by atoms with E-state index in [1.807, 2.05) is 30.0 Å². The van der Waals surface area contributed by atoms with E-state index >= 15 is 0 Å². The van der Waals surface area contributed by atoms with Gasteiger partial charge in [0, 0.05) is 37.3 Å². The lowest BCUT2D eigenvalue weighted by molar-refractivity contribution is -0.118. The van der Waals surface area contributed by atoms with E-state index in [-0.39, 0.29) is 11.8 Å². The zero-order chi connectivity index (χ0) is 16.7. The van der Waals surface area contributed by atoms with Gasteiger partial charge in [0.25, 0.3) is 5.91 Å². The molecule has 4 nitrogen and oxygen atoms in total. The summed E-state index contributed by atoms with van der Waals surface area (Å²) in [5.41, 5.74) is 2.93. The van der Waals surface area contributed by atoms with Crippen molar-refractivity contribution < 1.29 is 9.59 Å². The molecule has 0 atom stereocenters. The third-order valence-corrected chi connectivity index (χ3v) is 5.46. The van der Waals surface area contributed by atoms with Crippen LogP contribution < -0.4 is 4.90 Å². The minimum atomic E-state index is 0.164. The Kier molecular flexibility index (Phi) is 4.07. The predicted octanol–water partition coefficient (Wildman–Crippen LogP) is 3.25. The number of fused-ring (bicyclic) bond motifs is 1.